The quantitative estimate of drug-likeness (QED) is 0.202. The standard InChI is InChI=1S/C29H15F11/c30-21-11-17(27(35)28(36)37)5-4-15(21)3-1-14-2-7-19(22(31)9-14)16-6-8-20(23(32)10-16)18-12-24(33)26(25(34)13-18)29(38,39)40/h2,4-13H,1,3H2. The fourth-order valence-electron chi connectivity index (χ4n) is 4.14. The molecule has 40 heavy (non-hydrogen) atoms. The lowest BCUT2D eigenvalue weighted by atomic mass is 9.96. The molecule has 0 aliphatic carbocycles. The molecule has 0 saturated carbocycles. The number of hydrogen-bond acceptors (Lipinski definition) is 0. The molecule has 0 amide bonds. The van der Waals surface area contributed by atoms with Gasteiger partial charge >= 0.3 is 12.3 Å². The average molecular weight is 572 g/mol. The first-order valence-corrected chi connectivity index (χ1v) is 11.4. The van der Waals surface area contributed by atoms with Gasteiger partial charge in [-0.15, -0.1) is 0 Å². The Labute approximate surface area is 220 Å². The van der Waals surface area contributed by atoms with Crippen LogP contribution in [-0.2, 0) is 19.0 Å². The van der Waals surface area contributed by atoms with E-state index in [2.05, 4.69) is 0 Å². The van der Waals surface area contributed by atoms with Crippen LogP contribution in [0.4, 0.5) is 48.3 Å². The van der Waals surface area contributed by atoms with Crippen LogP contribution in [0.25, 0.3) is 28.1 Å². The lowest BCUT2D eigenvalue weighted by molar-refractivity contribution is -0.142. The van der Waals surface area contributed by atoms with Crippen LogP contribution in [0.3, 0.4) is 0 Å². The highest BCUT2D eigenvalue weighted by atomic mass is 19.4. The molecule has 4 rings (SSSR count). The Morgan fingerprint density at radius 2 is 1.12 bits per heavy atom. The highest BCUT2D eigenvalue weighted by Crippen LogP contribution is 2.37. The van der Waals surface area contributed by atoms with Gasteiger partial charge < -0.3 is 0 Å². The molecular weight excluding hydrogens is 557 g/mol. The van der Waals surface area contributed by atoms with Crippen LogP contribution in [0.5, 0.6) is 0 Å². The summed E-state index contributed by atoms with van der Waals surface area (Å²) in [6, 6.07) is 10.4. The van der Waals surface area contributed by atoms with Gasteiger partial charge in [-0.2, -0.15) is 22.0 Å². The van der Waals surface area contributed by atoms with Crippen molar-refractivity contribution in [2.45, 2.75) is 19.0 Å². The predicted octanol–water partition coefficient (Wildman–Crippen LogP) is 10.1. The Morgan fingerprint density at radius 3 is 1.68 bits per heavy atom. The van der Waals surface area contributed by atoms with E-state index in [-0.39, 0.29) is 29.5 Å². The Morgan fingerprint density at radius 1 is 0.550 bits per heavy atom. The molecule has 0 N–H and O–H groups in total. The normalized spacial score (nSPS) is 11.6. The molecule has 0 radical (unpaired) electrons. The van der Waals surface area contributed by atoms with Gasteiger partial charge in [0, 0.05) is 16.7 Å². The van der Waals surface area contributed by atoms with Crippen molar-refractivity contribution in [3.63, 3.8) is 0 Å². The fraction of sp³-hybridized carbons (Fsp3) is 0.103. The summed E-state index contributed by atoms with van der Waals surface area (Å²) in [6.45, 7) is 0. The second-order valence-electron chi connectivity index (χ2n) is 8.70. The third-order valence-corrected chi connectivity index (χ3v) is 6.11. The van der Waals surface area contributed by atoms with E-state index < -0.39 is 69.4 Å². The van der Waals surface area contributed by atoms with Gasteiger partial charge in [0.15, 0.2) is 5.83 Å². The average Bonchev–Trinajstić information content (AvgIpc) is 2.86. The third-order valence-electron chi connectivity index (χ3n) is 6.11. The van der Waals surface area contributed by atoms with Crippen molar-refractivity contribution < 1.29 is 48.3 Å². The molecule has 0 nitrogen and oxygen atoms in total. The maximum atomic E-state index is 14.9. The number of aryl methyl sites for hydroxylation is 2. The summed E-state index contributed by atoms with van der Waals surface area (Å²) in [5, 5.41) is 0. The van der Waals surface area contributed by atoms with Gasteiger partial charge in [0.2, 0.25) is 0 Å². The summed E-state index contributed by atoms with van der Waals surface area (Å²) in [5.41, 5.74) is -3.19. The summed E-state index contributed by atoms with van der Waals surface area (Å²) in [5.74, 6) is -8.46. The van der Waals surface area contributed by atoms with Crippen molar-refractivity contribution in [2.24, 2.45) is 0 Å². The molecule has 4 aromatic rings. The van der Waals surface area contributed by atoms with E-state index in [0.717, 1.165) is 30.3 Å². The Hall–Kier alpha value is -4.15. The van der Waals surface area contributed by atoms with Crippen LogP contribution in [0, 0.1) is 29.1 Å². The minimum atomic E-state index is -5.29. The zero-order valence-corrected chi connectivity index (χ0v) is 19.9. The Bertz CT molecular complexity index is 1590. The molecule has 11 heteroatoms. The third kappa shape index (κ3) is 6.03. The molecule has 0 aromatic heterocycles. The van der Waals surface area contributed by atoms with Gasteiger partial charge in [0.05, 0.1) is 0 Å². The summed E-state index contributed by atoms with van der Waals surface area (Å²) >= 11 is 0. The fourth-order valence-corrected chi connectivity index (χ4v) is 4.14. The van der Waals surface area contributed by atoms with Crippen molar-refractivity contribution in [1.82, 2.24) is 0 Å². The Balaban J connectivity index is 1.53. The smallest absolute Gasteiger partial charge is 0.207 e. The second-order valence-corrected chi connectivity index (χ2v) is 8.70. The number of hydrogen-bond donors (Lipinski definition) is 0. The zero-order chi connectivity index (χ0) is 29.4. The van der Waals surface area contributed by atoms with Crippen molar-refractivity contribution in [3.8, 4) is 22.3 Å². The van der Waals surface area contributed by atoms with Gasteiger partial charge in [-0.05, 0) is 65.4 Å². The molecule has 0 aliphatic heterocycles. The van der Waals surface area contributed by atoms with Crippen LogP contribution in [-0.4, -0.2) is 0 Å². The van der Waals surface area contributed by atoms with E-state index in [0.29, 0.717) is 23.8 Å². The van der Waals surface area contributed by atoms with Gasteiger partial charge in [-0.1, -0.05) is 36.4 Å². The van der Waals surface area contributed by atoms with E-state index in [9.17, 15) is 48.3 Å². The molecule has 0 spiro atoms. The summed E-state index contributed by atoms with van der Waals surface area (Å²) in [6.07, 6.45) is -7.73. The van der Waals surface area contributed by atoms with Gasteiger partial charge in [0.25, 0.3) is 0 Å². The van der Waals surface area contributed by atoms with Crippen molar-refractivity contribution >= 4 is 5.83 Å². The van der Waals surface area contributed by atoms with E-state index in [4.69, 9.17) is 0 Å². The van der Waals surface area contributed by atoms with Crippen LogP contribution < -0.4 is 0 Å². The number of benzene rings is 4. The SMILES string of the molecule is FC(F)=C(F)c1ccc(CCc2ccc(-c3ccc(-c4cc(F)c(C(F)(F)F)c(F)c4)c(F)c3)c(F)c2)c(F)c1. The lowest BCUT2D eigenvalue weighted by Crippen LogP contribution is -2.11. The first-order valence-electron chi connectivity index (χ1n) is 11.4. The van der Waals surface area contributed by atoms with Crippen LogP contribution in [0.1, 0.15) is 22.3 Å². The number of rotatable bonds is 6. The van der Waals surface area contributed by atoms with Crippen molar-refractivity contribution in [3.05, 3.63) is 124 Å². The minimum Gasteiger partial charge on any atom is -0.207 e. The molecule has 208 valence electrons. The van der Waals surface area contributed by atoms with Crippen LogP contribution >= 0.6 is 0 Å². The Kier molecular flexibility index (Phi) is 8.04. The molecule has 0 atom stereocenters. The molecule has 0 bridgehead atoms. The van der Waals surface area contributed by atoms with E-state index >= 15 is 0 Å². The monoisotopic (exact) mass is 572 g/mol. The van der Waals surface area contributed by atoms with Gasteiger partial charge in [-0.25, -0.2) is 26.3 Å². The second kappa shape index (κ2) is 11.1. The largest absolute Gasteiger partial charge is 0.422 e. The van der Waals surface area contributed by atoms with Crippen molar-refractivity contribution in [1.29, 1.82) is 0 Å². The van der Waals surface area contributed by atoms with Crippen LogP contribution in [0.15, 0.2) is 72.8 Å². The number of halogens is 11. The van der Waals surface area contributed by atoms with Crippen LogP contribution in [0.2, 0.25) is 0 Å². The van der Waals surface area contributed by atoms with E-state index in [1.54, 1.807) is 0 Å². The maximum absolute atomic E-state index is 14.9. The van der Waals surface area contributed by atoms with E-state index in [1.807, 2.05) is 0 Å². The summed E-state index contributed by atoms with van der Waals surface area (Å²) in [4.78, 5) is 0. The van der Waals surface area contributed by atoms with Crippen molar-refractivity contribution in [2.75, 3.05) is 0 Å². The highest BCUT2D eigenvalue weighted by Gasteiger charge is 2.38. The zero-order valence-electron chi connectivity index (χ0n) is 19.9. The first kappa shape index (κ1) is 28.8. The summed E-state index contributed by atoms with van der Waals surface area (Å²) < 4.78 is 148. The van der Waals surface area contributed by atoms with E-state index in [1.165, 1.54) is 18.2 Å². The lowest BCUT2D eigenvalue weighted by Gasteiger charge is -2.13. The topological polar surface area (TPSA) is 0 Å². The maximum Gasteiger partial charge on any atom is 0.422 e. The first-order chi connectivity index (χ1) is 18.8. The molecule has 0 unspecified atom stereocenters. The minimum absolute atomic E-state index is 0.0231. The molecule has 4 aromatic carbocycles. The molecule has 0 heterocycles. The predicted molar refractivity (Wildman–Crippen MR) is 126 cm³/mol. The van der Waals surface area contributed by atoms with Gasteiger partial charge in [0.1, 0.15) is 34.6 Å². The molecule has 0 saturated heterocycles. The highest BCUT2D eigenvalue weighted by molar-refractivity contribution is 5.72. The molecular formula is C29H15F11. The molecule has 0 fully saturated rings. The summed E-state index contributed by atoms with van der Waals surface area (Å²) in [7, 11) is 0. The number of alkyl halides is 3. The molecule has 0 aliphatic rings. The van der Waals surface area contributed by atoms with Gasteiger partial charge in [-0.3, -0.25) is 0 Å².